The molecule has 2 nitrogen and oxygen atoms in total. The molecule has 0 atom stereocenters. The Labute approximate surface area is 89.5 Å². The van der Waals surface area contributed by atoms with E-state index in [2.05, 4.69) is 17.2 Å². The van der Waals surface area contributed by atoms with Gasteiger partial charge in [-0.3, -0.25) is 0 Å². The van der Waals surface area contributed by atoms with Crippen molar-refractivity contribution in [2.75, 3.05) is 30.5 Å². The third-order valence-electron chi connectivity index (χ3n) is 2.07. The molecule has 0 radical (unpaired) electrons. The second-order valence-electron chi connectivity index (χ2n) is 3.04. The monoisotopic (exact) mass is 206 g/mol. The lowest BCUT2D eigenvalue weighted by molar-refractivity contribution is 0.975. The highest BCUT2D eigenvalue weighted by Crippen LogP contribution is 2.17. The van der Waals surface area contributed by atoms with Gasteiger partial charge in [0.2, 0.25) is 0 Å². The number of thioether (sulfide) groups is 1. The van der Waals surface area contributed by atoms with Crippen LogP contribution < -0.4 is 4.90 Å². The van der Waals surface area contributed by atoms with Crippen molar-refractivity contribution in [3.8, 4) is 6.07 Å². The summed E-state index contributed by atoms with van der Waals surface area (Å²) in [6.45, 7) is 0.972. The molecule has 1 aromatic carbocycles. The zero-order valence-corrected chi connectivity index (χ0v) is 9.34. The van der Waals surface area contributed by atoms with Crippen LogP contribution in [0.25, 0.3) is 0 Å². The summed E-state index contributed by atoms with van der Waals surface area (Å²) in [5.41, 5.74) is 1.76. The van der Waals surface area contributed by atoms with Gasteiger partial charge in [-0.25, -0.2) is 0 Å². The molecule has 74 valence electrons. The number of nitrogens with zero attached hydrogens (tertiary/aromatic N) is 2. The molecule has 1 rings (SSSR count). The van der Waals surface area contributed by atoms with E-state index in [0.717, 1.165) is 23.5 Å². The molecule has 14 heavy (non-hydrogen) atoms. The predicted molar refractivity (Wildman–Crippen MR) is 62.8 cm³/mol. The minimum atomic E-state index is 0.746. The molecule has 0 bridgehead atoms. The van der Waals surface area contributed by atoms with Crippen LogP contribution in [0.5, 0.6) is 0 Å². The lowest BCUT2D eigenvalue weighted by Crippen LogP contribution is -2.20. The van der Waals surface area contributed by atoms with Crippen molar-refractivity contribution in [2.45, 2.75) is 0 Å². The number of anilines is 1. The van der Waals surface area contributed by atoms with Gasteiger partial charge in [0.05, 0.1) is 11.3 Å². The van der Waals surface area contributed by atoms with Gasteiger partial charge >= 0.3 is 0 Å². The quantitative estimate of drug-likeness (QED) is 0.756. The first kappa shape index (κ1) is 10.9. The molecule has 0 N–H and O–H groups in total. The van der Waals surface area contributed by atoms with Crippen LogP contribution in [0.2, 0.25) is 0 Å². The van der Waals surface area contributed by atoms with Crippen molar-refractivity contribution in [3.05, 3.63) is 29.8 Å². The maximum absolute atomic E-state index is 8.91. The first-order chi connectivity index (χ1) is 6.79. The summed E-state index contributed by atoms with van der Waals surface area (Å²) in [5, 5.41) is 8.91. The summed E-state index contributed by atoms with van der Waals surface area (Å²) in [5.74, 6) is 1.08. The molecular weight excluding hydrogens is 192 g/mol. The molecule has 0 saturated carbocycles. The molecule has 1 aromatic rings. The second-order valence-corrected chi connectivity index (χ2v) is 4.03. The first-order valence-corrected chi connectivity index (χ1v) is 5.88. The Morgan fingerprint density at radius 2 is 2.14 bits per heavy atom. The smallest absolute Gasteiger partial charge is 0.101 e. The second kappa shape index (κ2) is 5.56. The average molecular weight is 206 g/mol. The van der Waals surface area contributed by atoms with E-state index < -0.39 is 0 Å². The number of hydrogen-bond donors (Lipinski definition) is 0. The Morgan fingerprint density at radius 3 is 2.79 bits per heavy atom. The van der Waals surface area contributed by atoms with Gasteiger partial charge in [0.1, 0.15) is 6.07 Å². The van der Waals surface area contributed by atoms with E-state index in [0.29, 0.717) is 0 Å². The Hall–Kier alpha value is -1.14. The van der Waals surface area contributed by atoms with E-state index in [1.165, 1.54) is 0 Å². The molecule has 0 amide bonds. The van der Waals surface area contributed by atoms with Crippen LogP contribution in [0.15, 0.2) is 24.3 Å². The summed E-state index contributed by atoms with van der Waals surface area (Å²) in [7, 11) is 2.02. The number of benzene rings is 1. The van der Waals surface area contributed by atoms with E-state index in [-0.39, 0.29) is 0 Å². The van der Waals surface area contributed by atoms with Crippen LogP contribution >= 0.6 is 11.8 Å². The predicted octanol–water partition coefficient (Wildman–Crippen LogP) is 2.36. The molecule has 0 spiro atoms. The van der Waals surface area contributed by atoms with Gasteiger partial charge in [0.15, 0.2) is 0 Å². The fourth-order valence-corrected chi connectivity index (χ4v) is 1.71. The molecule has 0 unspecified atom stereocenters. The lowest BCUT2D eigenvalue weighted by Gasteiger charge is -2.19. The zero-order chi connectivity index (χ0) is 10.4. The van der Waals surface area contributed by atoms with Gasteiger partial charge in [-0.2, -0.15) is 17.0 Å². The van der Waals surface area contributed by atoms with Crippen molar-refractivity contribution >= 4 is 17.4 Å². The Kier molecular flexibility index (Phi) is 4.34. The highest BCUT2D eigenvalue weighted by molar-refractivity contribution is 7.98. The van der Waals surface area contributed by atoms with Gasteiger partial charge in [-0.1, -0.05) is 12.1 Å². The fourth-order valence-electron chi connectivity index (χ4n) is 1.25. The molecule has 0 heterocycles. The van der Waals surface area contributed by atoms with Crippen LogP contribution in [-0.2, 0) is 0 Å². The van der Waals surface area contributed by atoms with Crippen LogP contribution in [0.1, 0.15) is 5.56 Å². The summed E-state index contributed by atoms with van der Waals surface area (Å²) < 4.78 is 0. The molecule has 0 aliphatic rings. The summed E-state index contributed by atoms with van der Waals surface area (Å²) in [6.07, 6.45) is 2.09. The van der Waals surface area contributed by atoms with Crippen molar-refractivity contribution in [2.24, 2.45) is 0 Å². The summed E-state index contributed by atoms with van der Waals surface area (Å²) >= 11 is 1.81. The molecular formula is C11H14N2S. The van der Waals surface area contributed by atoms with E-state index in [1.54, 1.807) is 0 Å². The lowest BCUT2D eigenvalue weighted by atomic mass is 10.2. The van der Waals surface area contributed by atoms with Crippen molar-refractivity contribution < 1.29 is 0 Å². The van der Waals surface area contributed by atoms with E-state index in [1.807, 2.05) is 43.1 Å². The standard InChI is InChI=1S/C11H14N2S/c1-13(7-8-14-2)11-6-4-3-5-10(11)9-12/h3-6H,7-8H2,1-2H3. The molecule has 3 heteroatoms. The van der Waals surface area contributed by atoms with Gasteiger partial charge in [-0.05, 0) is 18.4 Å². The van der Waals surface area contributed by atoms with Gasteiger partial charge in [0.25, 0.3) is 0 Å². The number of nitriles is 1. The van der Waals surface area contributed by atoms with Crippen molar-refractivity contribution in [1.82, 2.24) is 0 Å². The fraction of sp³-hybridized carbons (Fsp3) is 0.364. The Morgan fingerprint density at radius 1 is 1.43 bits per heavy atom. The third kappa shape index (κ3) is 2.68. The topological polar surface area (TPSA) is 27.0 Å². The van der Waals surface area contributed by atoms with Crippen LogP contribution in [0.4, 0.5) is 5.69 Å². The third-order valence-corrected chi connectivity index (χ3v) is 2.66. The normalized spacial score (nSPS) is 9.50. The van der Waals surface area contributed by atoms with Gasteiger partial charge in [0, 0.05) is 19.3 Å². The summed E-state index contributed by atoms with van der Waals surface area (Å²) in [6, 6.07) is 9.90. The van der Waals surface area contributed by atoms with E-state index >= 15 is 0 Å². The SMILES string of the molecule is CSCCN(C)c1ccccc1C#N. The maximum Gasteiger partial charge on any atom is 0.101 e. The molecule has 0 aromatic heterocycles. The van der Waals surface area contributed by atoms with Crippen molar-refractivity contribution in [1.29, 1.82) is 5.26 Å². The highest BCUT2D eigenvalue weighted by atomic mass is 32.2. The maximum atomic E-state index is 8.91. The molecule has 0 aliphatic heterocycles. The molecule has 0 fully saturated rings. The number of rotatable bonds is 4. The van der Waals surface area contributed by atoms with Crippen LogP contribution in [0.3, 0.4) is 0 Å². The van der Waals surface area contributed by atoms with Gasteiger partial charge in [-0.15, -0.1) is 0 Å². The number of para-hydroxylation sites is 1. The molecule has 0 aliphatic carbocycles. The minimum absolute atomic E-state index is 0.746. The summed E-state index contributed by atoms with van der Waals surface area (Å²) in [4.78, 5) is 2.12. The minimum Gasteiger partial charge on any atom is -0.373 e. The van der Waals surface area contributed by atoms with E-state index in [9.17, 15) is 0 Å². The first-order valence-electron chi connectivity index (χ1n) is 4.48. The van der Waals surface area contributed by atoms with Crippen LogP contribution in [-0.4, -0.2) is 25.6 Å². The Balaban J connectivity index is 2.79. The molecule has 0 saturated heterocycles. The van der Waals surface area contributed by atoms with Crippen molar-refractivity contribution in [3.63, 3.8) is 0 Å². The number of hydrogen-bond acceptors (Lipinski definition) is 3. The highest BCUT2D eigenvalue weighted by Gasteiger charge is 2.04. The zero-order valence-electron chi connectivity index (χ0n) is 8.53. The van der Waals surface area contributed by atoms with Crippen LogP contribution in [0, 0.1) is 11.3 Å². The Bertz CT molecular complexity index is 330. The largest absolute Gasteiger partial charge is 0.373 e. The average Bonchev–Trinajstić information content (AvgIpc) is 2.25. The van der Waals surface area contributed by atoms with E-state index in [4.69, 9.17) is 5.26 Å². The van der Waals surface area contributed by atoms with Gasteiger partial charge < -0.3 is 4.90 Å².